The molecule has 2 aromatic carbocycles. The van der Waals surface area contributed by atoms with Gasteiger partial charge in [0.2, 0.25) is 0 Å². The zero-order valence-electron chi connectivity index (χ0n) is 17.2. The number of nitrogens with zero attached hydrogens (tertiary/aromatic N) is 4. The first-order valence-electron chi connectivity index (χ1n) is 10.4. The molecule has 1 aliphatic rings. The number of anilines is 1. The number of carbonyl (C=O) groups excluding carboxylic acids is 1. The summed E-state index contributed by atoms with van der Waals surface area (Å²) in [5.74, 6) is 1.34. The predicted molar refractivity (Wildman–Crippen MR) is 118 cm³/mol. The van der Waals surface area contributed by atoms with Gasteiger partial charge in [0, 0.05) is 37.1 Å². The molecule has 3 heterocycles. The quantitative estimate of drug-likeness (QED) is 0.508. The Morgan fingerprint density at radius 1 is 0.967 bits per heavy atom. The van der Waals surface area contributed by atoms with Crippen LogP contribution in [-0.4, -0.2) is 47.0 Å². The highest BCUT2D eigenvalue weighted by Gasteiger charge is 2.25. The maximum absolute atomic E-state index is 12.9. The van der Waals surface area contributed by atoms with Crippen molar-refractivity contribution < 1.29 is 9.21 Å². The second-order valence-electron chi connectivity index (χ2n) is 8.03. The molecule has 0 unspecified atom stereocenters. The van der Waals surface area contributed by atoms with Crippen LogP contribution in [0, 0.1) is 0 Å². The fourth-order valence-electron chi connectivity index (χ4n) is 4.05. The van der Waals surface area contributed by atoms with Crippen LogP contribution in [-0.2, 0) is 0 Å². The van der Waals surface area contributed by atoms with Crippen molar-refractivity contribution in [3.63, 3.8) is 0 Å². The predicted octanol–water partition coefficient (Wildman–Crippen LogP) is 4.46. The van der Waals surface area contributed by atoms with Gasteiger partial charge in [-0.15, -0.1) is 0 Å². The third-order valence-electron chi connectivity index (χ3n) is 5.83. The molecule has 0 N–H and O–H groups in total. The van der Waals surface area contributed by atoms with E-state index in [1.54, 1.807) is 6.33 Å². The van der Waals surface area contributed by atoms with E-state index in [-0.39, 0.29) is 5.91 Å². The molecule has 1 fully saturated rings. The third-order valence-corrected chi connectivity index (χ3v) is 5.83. The fraction of sp³-hybridized carbons (Fsp3) is 0.292. The lowest BCUT2D eigenvalue weighted by molar-refractivity contribution is 0.0746. The van der Waals surface area contributed by atoms with Crippen LogP contribution in [0.2, 0.25) is 0 Å². The summed E-state index contributed by atoms with van der Waals surface area (Å²) >= 11 is 0. The molecule has 0 atom stereocenters. The Kier molecular flexibility index (Phi) is 4.62. The molecule has 0 radical (unpaired) electrons. The van der Waals surface area contributed by atoms with Crippen molar-refractivity contribution in [1.82, 2.24) is 14.9 Å². The Balaban J connectivity index is 1.34. The molecule has 30 heavy (non-hydrogen) atoms. The molecule has 2 aromatic heterocycles. The van der Waals surface area contributed by atoms with Crippen molar-refractivity contribution in [3.8, 4) is 0 Å². The van der Waals surface area contributed by atoms with Gasteiger partial charge < -0.3 is 14.2 Å². The standard InChI is InChI=1S/C24H24N4O2/c1-16(2)17-7-9-18(10-8-17)24(29)28-13-11-27(12-14-28)23-22-21(25-15-26-23)19-5-3-4-6-20(19)30-22/h3-10,15-16H,11-14H2,1-2H3. The minimum atomic E-state index is 0.0847. The summed E-state index contributed by atoms with van der Waals surface area (Å²) in [5.41, 5.74) is 4.35. The second kappa shape index (κ2) is 7.44. The van der Waals surface area contributed by atoms with Crippen molar-refractivity contribution in [1.29, 1.82) is 0 Å². The van der Waals surface area contributed by atoms with E-state index in [2.05, 4.69) is 28.7 Å². The van der Waals surface area contributed by atoms with Crippen molar-refractivity contribution in [2.45, 2.75) is 19.8 Å². The highest BCUT2D eigenvalue weighted by atomic mass is 16.3. The number of amides is 1. The Bertz CT molecular complexity index is 1210. The van der Waals surface area contributed by atoms with E-state index >= 15 is 0 Å². The molecule has 0 bridgehead atoms. The van der Waals surface area contributed by atoms with Crippen molar-refractivity contribution in [2.75, 3.05) is 31.1 Å². The zero-order valence-corrected chi connectivity index (χ0v) is 17.2. The lowest BCUT2D eigenvalue weighted by Gasteiger charge is -2.35. The minimum absolute atomic E-state index is 0.0847. The van der Waals surface area contributed by atoms with Gasteiger partial charge in [-0.25, -0.2) is 9.97 Å². The average Bonchev–Trinajstić information content (AvgIpc) is 3.18. The Labute approximate surface area is 175 Å². The van der Waals surface area contributed by atoms with Gasteiger partial charge in [0.25, 0.3) is 5.91 Å². The number of benzene rings is 2. The van der Waals surface area contributed by atoms with Crippen molar-refractivity contribution >= 4 is 33.8 Å². The maximum atomic E-state index is 12.9. The number of hydrogen-bond donors (Lipinski definition) is 0. The first kappa shape index (κ1) is 18.6. The molecule has 4 aromatic rings. The largest absolute Gasteiger partial charge is 0.450 e. The molecule has 0 spiro atoms. The van der Waals surface area contributed by atoms with Crippen LogP contribution in [0.15, 0.2) is 59.3 Å². The number of aromatic nitrogens is 2. The summed E-state index contributed by atoms with van der Waals surface area (Å²) < 4.78 is 6.06. The number of fused-ring (bicyclic) bond motifs is 3. The van der Waals surface area contributed by atoms with Gasteiger partial charge in [-0.2, -0.15) is 0 Å². The van der Waals surface area contributed by atoms with E-state index in [1.165, 1.54) is 5.56 Å². The van der Waals surface area contributed by atoms with E-state index in [1.807, 2.05) is 53.4 Å². The molecule has 6 nitrogen and oxygen atoms in total. The van der Waals surface area contributed by atoms with Crippen LogP contribution in [0.5, 0.6) is 0 Å². The summed E-state index contributed by atoms with van der Waals surface area (Å²) in [6.07, 6.45) is 1.59. The topological polar surface area (TPSA) is 62.5 Å². The fourth-order valence-corrected chi connectivity index (χ4v) is 4.05. The number of piperazine rings is 1. The summed E-state index contributed by atoms with van der Waals surface area (Å²) in [6.45, 7) is 7.02. The Morgan fingerprint density at radius 2 is 1.70 bits per heavy atom. The van der Waals surface area contributed by atoms with E-state index in [0.29, 0.717) is 37.7 Å². The lowest BCUT2D eigenvalue weighted by atomic mass is 10.0. The van der Waals surface area contributed by atoms with Gasteiger partial charge in [-0.3, -0.25) is 4.79 Å². The SMILES string of the molecule is CC(C)c1ccc(C(=O)N2CCN(c3ncnc4c3oc3ccccc34)CC2)cc1. The van der Waals surface area contributed by atoms with Gasteiger partial charge in [0.1, 0.15) is 17.4 Å². The number of hydrogen-bond acceptors (Lipinski definition) is 5. The van der Waals surface area contributed by atoms with E-state index < -0.39 is 0 Å². The van der Waals surface area contributed by atoms with E-state index in [9.17, 15) is 4.79 Å². The molecular formula is C24H24N4O2. The highest BCUT2D eigenvalue weighted by molar-refractivity contribution is 6.05. The van der Waals surface area contributed by atoms with Gasteiger partial charge >= 0.3 is 0 Å². The zero-order chi connectivity index (χ0) is 20.7. The smallest absolute Gasteiger partial charge is 0.253 e. The molecular weight excluding hydrogens is 376 g/mol. The first-order chi connectivity index (χ1) is 14.6. The molecule has 1 aliphatic heterocycles. The molecule has 152 valence electrons. The third kappa shape index (κ3) is 3.18. The monoisotopic (exact) mass is 400 g/mol. The van der Waals surface area contributed by atoms with Crippen molar-refractivity contribution in [2.24, 2.45) is 0 Å². The van der Waals surface area contributed by atoms with Crippen molar-refractivity contribution in [3.05, 3.63) is 66.0 Å². The van der Waals surface area contributed by atoms with Crippen LogP contribution in [0.25, 0.3) is 22.1 Å². The van der Waals surface area contributed by atoms with Crippen LogP contribution in [0.4, 0.5) is 5.82 Å². The molecule has 5 rings (SSSR count). The first-order valence-corrected chi connectivity index (χ1v) is 10.4. The summed E-state index contributed by atoms with van der Waals surface area (Å²) in [4.78, 5) is 25.9. The Morgan fingerprint density at radius 3 is 2.43 bits per heavy atom. The summed E-state index contributed by atoms with van der Waals surface area (Å²) in [7, 11) is 0. The van der Waals surface area contributed by atoms with Gasteiger partial charge in [-0.1, -0.05) is 38.1 Å². The van der Waals surface area contributed by atoms with Crippen LogP contribution in [0.3, 0.4) is 0 Å². The van der Waals surface area contributed by atoms with E-state index in [0.717, 1.165) is 27.9 Å². The molecule has 1 saturated heterocycles. The van der Waals surface area contributed by atoms with Crippen LogP contribution < -0.4 is 4.90 Å². The summed E-state index contributed by atoms with van der Waals surface area (Å²) in [5, 5.41) is 0.995. The number of para-hydroxylation sites is 1. The average molecular weight is 400 g/mol. The molecule has 0 saturated carbocycles. The van der Waals surface area contributed by atoms with Gasteiger partial charge in [-0.05, 0) is 35.7 Å². The second-order valence-corrected chi connectivity index (χ2v) is 8.03. The summed E-state index contributed by atoms with van der Waals surface area (Å²) in [6, 6.07) is 15.9. The molecule has 6 heteroatoms. The number of furan rings is 1. The van der Waals surface area contributed by atoms with Crippen LogP contribution in [0.1, 0.15) is 35.7 Å². The lowest BCUT2D eigenvalue weighted by Crippen LogP contribution is -2.49. The molecule has 0 aliphatic carbocycles. The van der Waals surface area contributed by atoms with Crippen LogP contribution >= 0.6 is 0 Å². The number of rotatable bonds is 3. The minimum Gasteiger partial charge on any atom is -0.450 e. The van der Waals surface area contributed by atoms with E-state index in [4.69, 9.17) is 4.42 Å². The number of carbonyl (C=O) groups is 1. The molecule has 1 amide bonds. The van der Waals surface area contributed by atoms with Gasteiger partial charge in [0.15, 0.2) is 11.4 Å². The Hall–Kier alpha value is -3.41. The van der Waals surface area contributed by atoms with Gasteiger partial charge in [0.05, 0.1) is 0 Å². The maximum Gasteiger partial charge on any atom is 0.253 e. The normalized spacial score (nSPS) is 14.8. The highest BCUT2D eigenvalue weighted by Crippen LogP contribution is 2.32.